The number of rotatable bonds is 5. The van der Waals surface area contributed by atoms with Gasteiger partial charge in [0.05, 0.1) is 6.42 Å². The number of nitrogens with one attached hydrogen (secondary N) is 1. The van der Waals surface area contributed by atoms with E-state index >= 15 is 0 Å². The highest BCUT2D eigenvalue weighted by Gasteiger charge is 2.33. The lowest BCUT2D eigenvalue weighted by atomic mass is 10.3. The lowest BCUT2D eigenvalue weighted by Crippen LogP contribution is -2.35. The number of halogens is 4. The van der Waals surface area contributed by atoms with Gasteiger partial charge < -0.3 is 4.90 Å². The van der Waals surface area contributed by atoms with Gasteiger partial charge in [-0.3, -0.25) is 14.0 Å². The summed E-state index contributed by atoms with van der Waals surface area (Å²) in [6, 6.07) is 0. The number of H-pyrrole nitrogens is 1. The van der Waals surface area contributed by atoms with E-state index in [1.807, 2.05) is 0 Å². The maximum absolute atomic E-state index is 12.3. The number of amides is 1. The molecule has 0 radical (unpaired) electrons. The van der Waals surface area contributed by atoms with Crippen LogP contribution in [-0.4, -0.2) is 34.4 Å². The number of aromatic amines is 1. The number of hydrogen-bond donors (Lipinski definition) is 1. The Morgan fingerprint density at radius 3 is 2.55 bits per heavy atom. The minimum atomic E-state index is -4.32. The summed E-state index contributed by atoms with van der Waals surface area (Å²) >= 11 is 6.44. The van der Waals surface area contributed by atoms with Crippen molar-refractivity contribution in [1.29, 1.82) is 0 Å². The number of hydrogen-bond acceptors (Lipinski definition) is 3. The number of nitrogens with zero attached hydrogens (tertiary/aromatic N) is 1. The van der Waals surface area contributed by atoms with Crippen LogP contribution in [0.4, 0.5) is 13.2 Å². The number of carbonyl (C=O) groups is 1. The quantitative estimate of drug-likeness (QED) is 0.903. The van der Waals surface area contributed by atoms with E-state index in [1.54, 1.807) is 0 Å². The van der Waals surface area contributed by atoms with Gasteiger partial charge in [0, 0.05) is 13.1 Å². The second-order valence-corrected chi connectivity index (χ2v) is 5.93. The topological polar surface area (TPSA) is 53.2 Å². The molecule has 0 spiro atoms. The Hall–Kier alpha value is -1.02. The first-order valence-electron chi connectivity index (χ1n) is 6.01. The molecule has 9 heteroatoms. The normalized spacial score (nSPS) is 15.4. The fourth-order valence-corrected chi connectivity index (χ4v) is 2.72. The molecule has 2 rings (SSSR count). The van der Waals surface area contributed by atoms with Crippen molar-refractivity contribution in [2.75, 3.05) is 13.1 Å². The van der Waals surface area contributed by atoms with Crippen LogP contribution in [0, 0.1) is 5.92 Å². The summed E-state index contributed by atoms with van der Waals surface area (Å²) in [6.07, 6.45) is -3.57. The molecule has 1 heterocycles. The van der Waals surface area contributed by atoms with Gasteiger partial charge in [-0.05, 0) is 18.8 Å². The maximum Gasteiger partial charge on any atom is 0.390 e. The molecule has 1 aromatic rings. The Labute approximate surface area is 121 Å². The van der Waals surface area contributed by atoms with Crippen molar-refractivity contribution < 1.29 is 18.0 Å². The fraction of sp³-hybridized carbons (Fsp3) is 0.636. The molecule has 4 nitrogen and oxygen atoms in total. The standard InChI is InChI=1S/C11H12ClF3N2O2S/c12-7-8(20-16-9(7)18)10(19)17(5-6-1-2-6)4-3-11(13,14)15/h6H,1-5H2,(H,16,18). The molecule has 1 aromatic heterocycles. The summed E-state index contributed by atoms with van der Waals surface area (Å²) in [5.74, 6) is -0.365. The van der Waals surface area contributed by atoms with E-state index in [4.69, 9.17) is 11.6 Å². The fourth-order valence-electron chi connectivity index (χ4n) is 1.72. The summed E-state index contributed by atoms with van der Waals surface area (Å²) in [5.41, 5.74) is -0.595. The highest BCUT2D eigenvalue weighted by atomic mass is 35.5. The molecule has 112 valence electrons. The lowest BCUT2D eigenvalue weighted by molar-refractivity contribution is -0.136. The monoisotopic (exact) mass is 328 g/mol. The van der Waals surface area contributed by atoms with Crippen molar-refractivity contribution >= 4 is 29.0 Å². The minimum absolute atomic E-state index is 0.0282. The second kappa shape index (κ2) is 5.77. The van der Waals surface area contributed by atoms with Crippen LogP contribution in [0.5, 0.6) is 0 Å². The Morgan fingerprint density at radius 2 is 2.10 bits per heavy atom. The summed E-state index contributed by atoms with van der Waals surface area (Å²) in [5, 5.41) is -0.257. The van der Waals surface area contributed by atoms with E-state index in [-0.39, 0.29) is 22.4 Å². The molecule has 0 atom stereocenters. The van der Waals surface area contributed by atoms with Gasteiger partial charge in [-0.2, -0.15) is 13.2 Å². The number of aromatic nitrogens is 1. The van der Waals surface area contributed by atoms with Crippen molar-refractivity contribution in [3.05, 3.63) is 20.3 Å². The molecule has 1 N–H and O–H groups in total. The van der Waals surface area contributed by atoms with Crippen LogP contribution in [0.3, 0.4) is 0 Å². The zero-order valence-electron chi connectivity index (χ0n) is 10.3. The van der Waals surface area contributed by atoms with Gasteiger partial charge in [0.2, 0.25) is 0 Å². The van der Waals surface area contributed by atoms with Gasteiger partial charge in [0.15, 0.2) is 0 Å². The summed E-state index contributed by atoms with van der Waals surface area (Å²) in [6.45, 7) is -0.140. The Bertz CT molecular complexity index is 551. The molecule has 1 fully saturated rings. The zero-order chi connectivity index (χ0) is 14.9. The molecule has 1 aliphatic carbocycles. The SMILES string of the molecule is O=C(c1s[nH]c(=O)c1Cl)N(CCC(F)(F)F)CC1CC1. The Kier molecular flexibility index (Phi) is 4.43. The third-order valence-electron chi connectivity index (χ3n) is 2.97. The average molecular weight is 329 g/mol. The Morgan fingerprint density at radius 1 is 1.45 bits per heavy atom. The number of carbonyl (C=O) groups excluding carboxylic acids is 1. The molecule has 0 bridgehead atoms. The van der Waals surface area contributed by atoms with E-state index in [0.717, 1.165) is 29.3 Å². The smallest absolute Gasteiger partial charge is 0.337 e. The first-order chi connectivity index (χ1) is 9.28. The van der Waals surface area contributed by atoms with Crippen LogP contribution in [0.1, 0.15) is 28.9 Å². The molecule has 1 saturated carbocycles. The van der Waals surface area contributed by atoms with Gasteiger partial charge in [-0.15, -0.1) is 0 Å². The highest BCUT2D eigenvalue weighted by Crippen LogP contribution is 2.31. The van der Waals surface area contributed by atoms with Crippen LogP contribution in [0.2, 0.25) is 5.02 Å². The molecule has 0 aliphatic heterocycles. The van der Waals surface area contributed by atoms with Crippen molar-refractivity contribution in [2.24, 2.45) is 5.92 Å². The van der Waals surface area contributed by atoms with Crippen LogP contribution >= 0.6 is 23.1 Å². The summed E-state index contributed by atoms with van der Waals surface area (Å²) in [7, 11) is 0. The molecular formula is C11H12ClF3N2O2S. The van der Waals surface area contributed by atoms with Gasteiger partial charge in [-0.1, -0.05) is 23.1 Å². The third-order valence-corrected chi connectivity index (χ3v) is 4.31. The van der Waals surface area contributed by atoms with Gasteiger partial charge in [0.1, 0.15) is 9.90 Å². The average Bonchev–Trinajstić information content (AvgIpc) is 3.10. The molecule has 0 aromatic carbocycles. The molecule has 1 amide bonds. The lowest BCUT2D eigenvalue weighted by Gasteiger charge is -2.22. The zero-order valence-corrected chi connectivity index (χ0v) is 11.9. The predicted octanol–water partition coefficient (Wildman–Crippen LogP) is 2.89. The summed E-state index contributed by atoms with van der Waals surface area (Å²) in [4.78, 5) is 24.5. The van der Waals surface area contributed by atoms with Crippen LogP contribution < -0.4 is 5.56 Å². The Balaban J connectivity index is 2.10. The van der Waals surface area contributed by atoms with Gasteiger partial charge >= 0.3 is 6.18 Å². The molecule has 0 unspecified atom stereocenters. The molecular weight excluding hydrogens is 317 g/mol. The van der Waals surface area contributed by atoms with E-state index in [9.17, 15) is 22.8 Å². The van der Waals surface area contributed by atoms with Crippen LogP contribution in [-0.2, 0) is 0 Å². The molecule has 20 heavy (non-hydrogen) atoms. The summed E-state index contributed by atoms with van der Waals surface area (Å²) < 4.78 is 39.2. The highest BCUT2D eigenvalue weighted by molar-refractivity contribution is 7.08. The molecule has 0 saturated heterocycles. The van der Waals surface area contributed by atoms with Crippen molar-refractivity contribution in [2.45, 2.75) is 25.4 Å². The van der Waals surface area contributed by atoms with Crippen LogP contribution in [0.25, 0.3) is 0 Å². The van der Waals surface area contributed by atoms with Crippen molar-refractivity contribution in [3.8, 4) is 0 Å². The number of alkyl halides is 3. The van der Waals surface area contributed by atoms with E-state index in [0.29, 0.717) is 0 Å². The third kappa shape index (κ3) is 3.99. The van der Waals surface area contributed by atoms with E-state index in [1.165, 1.54) is 0 Å². The largest absolute Gasteiger partial charge is 0.390 e. The first kappa shape index (κ1) is 15.4. The predicted molar refractivity (Wildman–Crippen MR) is 69.2 cm³/mol. The van der Waals surface area contributed by atoms with E-state index in [2.05, 4.69) is 4.37 Å². The minimum Gasteiger partial charge on any atom is -0.337 e. The van der Waals surface area contributed by atoms with Crippen LogP contribution in [0.15, 0.2) is 4.79 Å². The first-order valence-corrected chi connectivity index (χ1v) is 7.20. The van der Waals surface area contributed by atoms with Crippen molar-refractivity contribution in [3.63, 3.8) is 0 Å². The second-order valence-electron chi connectivity index (χ2n) is 4.74. The van der Waals surface area contributed by atoms with Gasteiger partial charge in [-0.25, -0.2) is 0 Å². The van der Waals surface area contributed by atoms with Gasteiger partial charge in [0.25, 0.3) is 11.5 Å². The molecule has 1 aliphatic rings. The van der Waals surface area contributed by atoms with E-state index < -0.39 is 30.6 Å². The maximum atomic E-state index is 12.3. The van der Waals surface area contributed by atoms with Crippen molar-refractivity contribution in [1.82, 2.24) is 9.27 Å².